The van der Waals surface area contributed by atoms with Gasteiger partial charge in [0.05, 0.1) is 15.7 Å². The van der Waals surface area contributed by atoms with Crippen LogP contribution >= 0.6 is 22.9 Å². The van der Waals surface area contributed by atoms with Crippen LogP contribution in [-0.2, 0) is 20.3 Å². The van der Waals surface area contributed by atoms with Gasteiger partial charge in [-0.05, 0) is 51.5 Å². The number of nitrogens with zero attached hydrogens (tertiary/aromatic N) is 4. The van der Waals surface area contributed by atoms with Gasteiger partial charge in [0, 0.05) is 17.5 Å². The minimum atomic E-state index is -3.81. The Morgan fingerprint density at radius 3 is 2.66 bits per heavy atom. The van der Waals surface area contributed by atoms with Gasteiger partial charge in [-0.15, -0.1) is 21.5 Å². The Morgan fingerprint density at radius 1 is 1.29 bits per heavy atom. The van der Waals surface area contributed by atoms with Crippen LogP contribution in [0.5, 0.6) is 0 Å². The summed E-state index contributed by atoms with van der Waals surface area (Å²) in [5, 5.41) is 10.5. The Balaban J connectivity index is 1.71. The van der Waals surface area contributed by atoms with Gasteiger partial charge in [0.1, 0.15) is 11.1 Å². The summed E-state index contributed by atoms with van der Waals surface area (Å²) in [6, 6.07) is 9.24. The molecule has 0 fully saturated rings. The van der Waals surface area contributed by atoms with Gasteiger partial charge >= 0.3 is 6.09 Å². The molecule has 0 saturated heterocycles. The Kier molecular flexibility index (Phi) is 6.41. The number of benzene rings is 1. The van der Waals surface area contributed by atoms with Gasteiger partial charge in [-0.3, -0.25) is 5.32 Å². The van der Waals surface area contributed by atoms with Crippen molar-refractivity contribution >= 4 is 45.0 Å². The van der Waals surface area contributed by atoms with Gasteiger partial charge in [-0.1, -0.05) is 23.7 Å². The molecule has 1 aromatic carbocycles. The highest BCUT2D eigenvalue weighted by atomic mass is 35.5. The molecule has 3 aromatic rings. The van der Waals surface area contributed by atoms with Crippen molar-refractivity contribution in [2.75, 3.05) is 12.8 Å². The molecule has 1 amide bonds. The van der Waals surface area contributed by atoms with Gasteiger partial charge in [0.15, 0.2) is 0 Å². The number of alkyl carbamates (subject to hydrolysis) is 1. The first-order chi connectivity index (χ1) is 16.3. The van der Waals surface area contributed by atoms with E-state index in [4.69, 9.17) is 20.8 Å². The first-order valence-electron chi connectivity index (χ1n) is 10.5. The van der Waals surface area contributed by atoms with Crippen LogP contribution in [0.4, 0.5) is 4.79 Å². The van der Waals surface area contributed by atoms with E-state index in [1.165, 1.54) is 24.8 Å². The first kappa shape index (κ1) is 25.1. The van der Waals surface area contributed by atoms with E-state index >= 15 is 0 Å². The van der Waals surface area contributed by atoms with E-state index in [0.29, 0.717) is 15.8 Å². The predicted molar refractivity (Wildman–Crippen MR) is 134 cm³/mol. The standard InChI is InChI=1S/C22H24ClN5O5S2/c1-21(2,3)33-20(29)25-19-26-22(4,11-35(30,31)28(19)5)17-15(23)10-16(34-17)13-7-6-8-14(9-13)18-27-24-12-32-18/h6-10,12H,11H2,1-5H3,(H,25,26,29). The molecule has 1 aliphatic heterocycles. The topological polar surface area (TPSA) is 127 Å². The number of nitrogens with one attached hydrogen (secondary N) is 1. The zero-order valence-corrected chi connectivity index (χ0v) is 22.1. The fourth-order valence-electron chi connectivity index (χ4n) is 3.52. The van der Waals surface area contributed by atoms with Crippen LogP contribution in [-0.4, -0.2) is 53.4 Å². The maximum Gasteiger partial charge on any atom is 0.414 e. The number of sulfonamides is 1. The molecule has 1 unspecified atom stereocenters. The number of rotatable bonds is 3. The molecule has 186 valence electrons. The molecule has 1 aliphatic rings. The van der Waals surface area contributed by atoms with E-state index in [1.807, 2.05) is 24.3 Å². The number of ether oxygens (including phenoxy) is 1. The molecule has 1 atom stereocenters. The SMILES string of the molecule is CN1C(NC(=O)OC(C)(C)C)=NC(C)(c2sc(-c3cccc(-c4nnco4)c3)cc2Cl)CS1(=O)=O. The highest BCUT2D eigenvalue weighted by Crippen LogP contribution is 2.44. The lowest BCUT2D eigenvalue weighted by molar-refractivity contribution is 0.0559. The summed E-state index contributed by atoms with van der Waals surface area (Å²) in [4.78, 5) is 18.3. The Bertz CT molecular complexity index is 1400. The van der Waals surface area contributed by atoms with Crippen molar-refractivity contribution in [1.82, 2.24) is 19.8 Å². The quantitative estimate of drug-likeness (QED) is 0.521. The zero-order valence-electron chi connectivity index (χ0n) is 19.7. The van der Waals surface area contributed by atoms with E-state index in [-0.39, 0.29) is 11.7 Å². The molecule has 3 heterocycles. The van der Waals surface area contributed by atoms with Gasteiger partial charge in [-0.25, -0.2) is 22.5 Å². The lowest BCUT2D eigenvalue weighted by atomic mass is 10.0. The van der Waals surface area contributed by atoms with E-state index in [9.17, 15) is 13.2 Å². The monoisotopic (exact) mass is 537 g/mol. The lowest BCUT2D eigenvalue weighted by Crippen LogP contribution is -2.53. The van der Waals surface area contributed by atoms with Crippen molar-refractivity contribution in [2.45, 2.75) is 38.8 Å². The predicted octanol–water partition coefficient (Wildman–Crippen LogP) is 4.49. The highest BCUT2D eigenvalue weighted by molar-refractivity contribution is 7.89. The van der Waals surface area contributed by atoms with Crippen molar-refractivity contribution in [3.05, 3.63) is 46.6 Å². The summed E-state index contributed by atoms with van der Waals surface area (Å²) in [5.41, 5.74) is -0.419. The Labute approximate surface area is 212 Å². The molecule has 0 aliphatic carbocycles. The van der Waals surface area contributed by atoms with Crippen LogP contribution in [0.2, 0.25) is 5.02 Å². The molecule has 10 nitrogen and oxygen atoms in total. The number of carbonyl (C=O) groups is 1. The Hall–Kier alpha value is -2.96. The van der Waals surface area contributed by atoms with Gasteiger partial charge in [0.2, 0.25) is 28.3 Å². The minimum absolute atomic E-state index is 0.141. The molecule has 1 N–H and O–H groups in total. The van der Waals surface area contributed by atoms with Crippen LogP contribution in [0.25, 0.3) is 21.9 Å². The summed E-state index contributed by atoms with van der Waals surface area (Å²) in [5.74, 6) is -0.0829. The fraction of sp³-hybridized carbons (Fsp3) is 0.364. The summed E-state index contributed by atoms with van der Waals surface area (Å²) in [6.45, 7) is 6.80. The largest absolute Gasteiger partial charge is 0.444 e. The van der Waals surface area contributed by atoms with Gasteiger partial charge < -0.3 is 9.15 Å². The average molecular weight is 538 g/mol. The lowest BCUT2D eigenvalue weighted by Gasteiger charge is -2.35. The Morgan fingerprint density at radius 2 is 2.00 bits per heavy atom. The molecule has 0 saturated carbocycles. The number of hydrogen-bond acceptors (Lipinski definition) is 9. The van der Waals surface area contributed by atoms with Crippen LogP contribution in [0.1, 0.15) is 32.6 Å². The molecule has 0 bridgehead atoms. The molecule has 35 heavy (non-hydrogen) atoms. The number of carbonyl (C=O) groups excluding carboxylic acids is 1. The van der Waals surface area contributed by atoms with Gasteiger partial charge in [-0.2, -0.15) is 0 Å². The number of amides is 1. The van der Waals surface area contributed by atoms with Crippen LogP contribution in [0.3, 0.4) is 0 Å². The summed E-state index contributed by atoms with van der Waals surface area (Å²) < 4.78 is 37.5. The number of guanidine groups is 1. The minimum Gasteiger partial charge on any atom is -0.444 e. The molecular weight excluding hydrogens is 514 g/mol. The van der Waals surface area contributed by atoms with Gasteiger partial charge in [0.25, 0.3) is 0 Å². The number of halogens is 1. The number of aliphatic imine (C=N–C) groups is 1. The van der Waals surface area contributed by atoms with Crippen molar-refractivity contribution in [1.29, 1.82) is 0 Å². The highest BCUT2D eigenvalue weighted by Gasteiger charge is 2.44. The van der Waals surface area contributed by atoms with Crippen LogP contribution < -0.4 is 5.32 Å². The smallest absolute Gasteiger partial charge is 0.414 e. The first-order valence-corrected chi connectivity index (χ1v) is 13.3. The van der Waals surface area contributed by atoms with E-state index in [2.05, 4.69) is 20.5 Å². The third-order valence-electron chi connectivity index (χ3n) is 5.07. The third kappa shape index (κ3) is 5.34. The molecular formula is C22H24ClN5O5S2. The molecule has 4 rings (SSSR count). The van der Waals surface area contributed by atoms with Crippen LogP contribution in [0, 0.1) is 0 Å². The molecule has 0 spiro atoms. The van der Waals surface area contributed by atoms with E-state index < -0.39 is 27.3 Å². The van der Waals surface area contributed by atoms with Crippen LogP contribution in [0.15, 0.2) is 46.1 Å². The number of thiophene rings is 1. The van der Waals surface area contributed by atoms with Crippen molar-refractivity contribution in [2.24, 2.45) is 4.99 Å². The van der Waals surface area contributed by atoms with E-state index in [1.54, 1.807) is 33.8 Å². The fourth-order valence-corrected chi connectivity index (χ4v) is 6.70. The van der Waals surface area contributed by atoms with Crippen molar-refractivity contribution in [3.8, 4) is 21.9 Å². The zero-order chi connectivity index (χ0) is 25.6. The molecule has 13 heteroatoms. The molecule has 0 radical (unpaired) electrons. The summed E-state index contributed by atoms with van der Waals surface area (Å²) in [7, 11) is -2.48. The second-order valence-corrected chi connectivity index (χ2v) is 12.6. The van der Waals surface area contributed by atoms with Crippen molar-refractivity contribution in [3.63, 3.8) is 0 Å². The number of hydrogen-bond donors (Lipinski definition) is 1. The third-order valence-corrected chi connectivity index (χ3v) is 8.86. The summed E-state index contributed by atoms with van der Waals surface area (Å²) in [6.07, 6.45) is 0.447. The summed E-state index contributed by atoms with van der Waals surface area (Å²) >= 11 is 7.93. The normalized spacial score (nSPS) is 19.8. The molecule has 2 aromatic heterocycles. The second kappa shape index (κ2) is 8.92. The maximum atomic E-state index is 13.0. The average Bonchev–Trinajstić information content (AvgIpc) is 3.40. The second-order valence-electron chi connectivity index (χ2n) is 9.17. The van der Waals surface area contributed by atoms with E-state index in [0.717, 1.165) is 20.3 Å². The maximum absolute atomic E-state index is 13.0. The number of aromatic nitrogens is 2. The van der Waals surface area contributed by atoms with Crippen molar-refractivity contribution < 1.29 is 22.4 Å².